The average Bonchev–Trinajstić information content (AvgIpc) is 3.34. The quantitative estimate of drug-likeness (QED) is 0.401. The molecule has 2 aromatic carbocycles. The first kappa shape index (κ1) is 21.5. The molecule has 31 heavy (non-hydrogen) atoms. The van der Waals surface area contributed by atoms with E-state index in [1.165, 1.54) is 23.9 Å². The van der Waals surface area contributed by atoms with Gasteiger partial charge in [0.25, 0.3) is 5.69 Å². The van der Waals surface area contributed by atoms with Crippen LogP contribution in [0, 0.1) is 24.0 Å². The molecule has 0 bridgehead atoms. The Bertz CT molecular complexity index is 1130. The third-order valence-electron chi connectivity index (χ3n) is 5.20. The summed E-state index contributed by atoms with van der Waals surface area (Å²) >= 11 is 2.99. The molecule has 160 valence electrons. The van der Waals surface area contributed by atoms with Crippen molar-refractivity contribution in [3.63, 3.8) is 0 Å². The van der Waals surface area contributed by atoms with Gasteiger partial charge in [-0.25, -0.2) is 0 Å². The molecule has 2 heterocycles. The van der Waals surface area contributed by atoms with Crippen molar-refractivity contribution >= 4 is 35.2 Å². The van der Waals surface area contributed by atoms with Gasteiger partial charge in [-0.05, 0) is 56.3 Å². The second-order valence-electron chi connectivity index (χ2n) is 7.26. The minimum atomic E-state index is -0.782. The third kappa shape index (κ3) is 4.48. The second-order valence-corrected chi connectivity index (χ2v) is 9.72. The van der Waals surface area contributed by atoms with Gasteiger partial charge in [-0.2, -0.15) is 0 Å². The first-order chi connectivity index (χ1) is 14.8. The number of carboxylic acid groups (broad SMARTS) is 1. The third-order valence-corrected chi connectivity index (χ3v) is 7.60. The Balaban J connectivity index is 1.52. The van der Waals surface area contributed by atoms with Crippen LogP contribution in [0.2, 0.25) is 0 Å². The molecule has 2 atom stereocenters. The topological polar surface area (TPSA) is 97.4 Å². The molecule has 0 spiro atoms. The molecule has 1 fully saturated rings. The number of nitrogens with zero attached hydrogens (tertiary/aromatic N) is 2. The number of hydrogen-bond acceptors (Lipinski definition) is 6. The summed E-state index contributed by atoms with van der Waals surface area (Å²) in [4.78, 5) is 23.6. The SMILES string of the molecule is Cc1cc([C@H]2NC[C@H](C(=O)O)S2)c(C)n1-c1ccc(Sc2ccc([N+](=O)[O-])cc2)cc1. The monoisotopic (exact) mass is 455 g/mol. The number of rotatable bonds is 6. The van der Waals surface area contributed by atoms with Gasteiger partial charge in [0.15, 0.2) is 0 Å². The summed E-state index contributed by atoms with van der Waals surface area (Å²) in [7, 11) is 0. The van der Waals surface area contributed by atoms with E-state index in [2.05, 4.69) is 22.9 Å². The molecule has 1 aliphatic rings. The number of aliphatic carboxylic acids is 1. The van der Waals surface area contributed by atoms with Gasteiger partial charge in [0, 0.05) is 51.1 Å². The number of carbonyl (C=O) groups is 1. The van der Waals surface area contributed by atoms with E-state index in [1.54, 1.807) is 23.9 Å². The number of aromatic nitrogens is 1. The van der Waals surface area contributed by atoms with Gasteiger partial charge in [-0.15, -0.1) is 11.8 Å². The van der Waals surface area contributed by atoms with Gasteiger partial charge in [0.05, 0.1) is 10.3 Å². The van der Waals surface area contributed by atoms with E-state index < -0.39 is 16.1 Å². The molecule has 1 aromatic heterocycles. The number of nitrogens with one attached hydrogen (secondary N) is 1. The van der Waals surface area contributed by atoms with Crippen LogP contribution in [-0.4, -0.2) is 32.4 Å². The molecule has 0 amide bonds. The lowest BCUT2D eigenvalue weighted by atomic mass is 10.2. The Kier molecular flexibility index (Phi) is 6.08. The van der Waals surface area contributed by atoms with Crippen molar-refractivity contribution in [3.05, 3.63) is 81.7 Å². The van der Waals surface area contributed by atoms with Crippen molar-refractivity contribution in [2.45, 2.75) is 34.3 Å². The van der Waals surface area contributed by atoms with Crippen molar-refractivity contribution in [2.24, 2.45) is 0 Å². The lowest BCUT2D eigenvalue weighted by molar-refractivity contribution is -0.384. The lowest BCUT2D eigenvalue weighted by Gasteiger charge is -2.13. The van der Waals surface area contributed by atoms with Crippen LogP contribution < -0.4 is 5.32 Å². The standard InChI is InChI=1S/C22H21N3O4S2/c1-13-11-19(21-23-12-20(31-21)22(26)27)14(2)24(13)15-3-7-17(8-4-15)30-18-9-5-16(6-10-18)25(28)29/h3-11,20-21,23H,12H2,1-2H3,(H,26,27)/t20-,21+/m1/s1. The predicted molar refractivity (Wildman–Crippen MR) is 122 cm³/mol. The van der Waals surface area contributed by atoms with Crippen molar-refractivity contribution in [1.29, 1.82) is 0 Å². The first-order valence-corrected chi connectivity index (χ1v) is 11.4. The zero-order chi connectivity index (χ0) is 22.1. The van der Waals surface area contributed by atoms with E-state index in [1.807, 2.05) is 31.2 Å². The molecule has 1 saturated heterocycles. The highest BCUT2D eigenvalue weighted by atomic mass is 32.2. The van der Waals surface area contributed by atoms with Crippen LogP contribution in [0.3, 0.4) is 0 Å². The summed E-state index contributed by atoms with van der Waals surface area (Å²) in [5, 5.41) is 22.9. The molecule has 0 radical (unpaired) electrons. The van der Waals surface area contributed by atoms with Crippen LogP contribution in [0.5, 0.6) is 0 Å². The summed E-state index contributed by atoms with van der Waals surface area (Å²) in [6, 6.07) is 16.8. The van der Waals surface area contributed by atoms with Crippen LogP contribution in [0.1, 0.15) is 22.3 Å². The number of benzene rings is 2. The Hall–Kier alpha value is -2.75. The number of non-ortho nitro benzene ring substituents is 1. The number of nitro groups is 1. The van der Waals surface area contributed by atoms with Gasteiger partial charge >= 0.3 is 5.97 Å². The highest BCUT2D eigenvalue weighted by molar-refractivity contribution is 8.01. The fourth-order valence-electron chi connectivity index (χ4n) is 3.69. The van der Waals surface area contributed by atoms with Crippen LogP contribution in [0.4, 0.5) is 5.69 Å². The van der Waals surface area contributed by atoms with E-state index in [0.717, 1.165) is 32.4 Å². The molecule has 0 aliphatic carbocycles. The van der Waals surface area contributed by atoms with Gasteiger partial charge < -0.3 is 9.67 Å². The molecule has 4 rings (SSSR count). The molecule has 3 aromatic rings. The summed E-state index contributed by atoms with van der Waals surface area (Å²) in [5.41, 5.74) is 4.40. The molecular weight excluding hydrogens is 434 g/mol. The van der Waals surface area contributed by atoms with E-state index in [4.69, 9.17) is 0 Å². The van der Waals surface area contributed by atoms with Crippen LogP contribution in [0.15, 0.2) is 64.4 Å². The van der Waals surface area contributed by atoms with E-state index >= 15 is 0 Å². The number of nitro benzene ring substituents is 1. The Morgan fingerprint density at radius 3 is 2.32 bits per heavy atom. The Morgan fingerprint density at radius 1 is 1.16 bits per heavy atom. The minimum absolute atomic E-state index is 0.0296. The maximum atomic E-state index is 11.3. The minimum Gasteiger partial charge on any atom is -0.480 e. The molecule has 9 heteroatoms. The number of aryl methyl sites for hydroxylation is 1. The molecule has 0 saturated carbocycles. The number of hydrogen-bond donors (Lipinski definition) is 2. The Labute approximate surface area is 188 Å². The van der Waals surface area contributed by atoms with E-state index in [9.17, 15) is 20.0 Å². The van der Waals surface area contributed by atoms with Gasteiger partial charge in [-0.3, -0.25) is 20.2 Å². The zero-order valence-corrected chi connectivity index (χ0v) is 18.6. The zero-order valence-electron chi connectivity index (χ0n) is 16.9. The van der Waals surface area contributed by atoms with Crippen molar-refractivity contribution in [1.82, 2.24) is 9.88 Å². The largest absolute Gasteiger partial charge is 0.480 e. The summed E-state index contributed by atoms with van der Waals surface area (Å²) in [6.45, 7) is 4.56. The average molecular weight is 456 g/mol. The number of thioether (sulfide) groups is 1. The molecule has 2 N–H and O–H groups in total. The normalized spacial score (nSPS) is 18.3. The molecule has 7 nitrogen and oxygen atoms in total. The summed E-state index contributed by atoms with van der Waals surface area (Å²) < 4.78 is 2.17. The highest BCUT2D eigenvalue weighted by Crippen LogP contribution is 2.38. The first-order valence-electron chi connectivity index (χ1n) is 9.66. The second kappa shape index (κ2) is 8.78. The molecule has 0 unspecified atom stereocenters. The highest BCUT2D eigenvalue weighted by Gasteiger charge is 2.32. The van der Waals surface area contributed by atoms with Crippen LogP contribution in [-0.2, 0) is 4.79 Å². The smallest absolute Gasteiger partial charge is 0.318 e. The fraction of sp³-hybridized carbons (Fsp3) is 0.227. The van der Waals surface area contributed by atoms with Gasteiger partial charge in [-0.1, -0.05) is 11.8 Å². The van der Waals surface area contributed by atoms with Crippen molar-refractivity contribution < 1.29 is 14.8 Å². The van der Waals surface area contributed by atoms with Crippen LogP contribution >= 0.6 is 23.5 Å². The van der Waals surface area contributed by atoms with E-state index in [-0.39, 0.29) is 11.1 Å². The van der Waals surface area contributed by atoms with Crippen molar-refractivity contribution in [2.75, 3.05) is 6.54 Å². The summed E-state index contributed by atoms with van der Waals surface area (Å²) in [5.74, 6) is -0.782. The fourth-order valence-corrected chi connectivity index (χ4v) is 5.72. The Morgan fingerprint density at radius 2 is 1.77 bits per heavy atom. The maximum Gasteiger partial charge on any atom is 0.318 e. The predicted octanol–water partition coefficient (Wildman–Crippen LogP) is 4.94. The lowest BCUT2D eigenvalue weighted by Crippen LogP contribution is -2.21. The van der Waals surface area contributed by atoms with Gasteiger partial charge in [0.1, 0.15) is 5.25 Å². The summed E-state index contributed by atoms with van der Waals surface area (Å²) in [6.07, 6.45) is 0. The van der Waals surface area contributed by atoms with E-state index in [0.29, 0.717) is 6.54 Å². The number of carboxylic acids is 1. The van der Waals surface area contributed by atoms with Crippen LogP contribution in [0.25, 0.3) is 5.69 Å². The maximum absolute atomic E-state index is 11.3. The molecular formula is C22H21N3O4S2. The molecule has 1 aliphatic heterocycles. The van der Waals surface area contributed by atoms with Crippen molar-refractivity contribution in [3.8, 4) is 5.69 Å². The van der Waals surface area contributed by atoms with Gasteiger partial charge in [0.2, 0.25) is 0 Å².